The van der Waals surface area contributed by atoms with Gasteiger partial charge in [-0.1, -0.05) is 43.4 Å². The van der Waals surface area contributed by atoms with Crippen LogP contribution in [0.15, 0.2) is 0 Å². The van der Waals surface area contributed by atoms with Crippen LogP contribution in [0.1, 0.15) is 20.8 Å². The van der Waals surface area contributed by atoms with Gasteiger partial charge < -0.3 is 0 Å². The summed E-state index contributed by atoms with van der Waals surface area (Å²) in [6.45, 7) is 5.14. The van der Waals surface area contributed by atoms with E-state index in [0.717, 1.165) is 6.26 Å². The standard InChI is InChI=1S/C7H13IO3S/c1-7(2,3)5(9)6(8)12(4,10)11/h6H,1-4H3. The molecule has 0 aromatic carbocycles. The number of carbonyl (C=O) groups is 1. The fourth-order valence-corrected chi connectivity index (χ4v) is 2.21. The molecule has 0 spiro atoms. The van der Waals surface area contributed by atoms with E-state index in [2.05, 4.69) is 0 Å². The topological polar surface area (TPSA) is 51.2 Å². The number of sulfone groups is 1. The first kappa shape index (κ1) is 12.3. The van der Waals surface area contributed by atoms with E-state index >= 15 is 0 Å². The Bertz CT molecular complexity index is 274. The molecule has 0 aromatic rings. The van der Waals surface area contributed by atoms with Crippen LogP contribution in [0.3, 0.4) is 0 Å². The van der Waals surface area contributed by atoms with E-state index in [9.17, 15) is 13.2 Å². The summed E-state index contributed by atoms with van der Waals surface area (Å²) in [5, 5.41) is 0. The highest BCUT2D eigenvalue weighted by atomic mass is 127. The zero-order chi connectivity index (χ0) is 10.2. The third-order valence-corrected chi connectivity index (χ3v) is 5.62. The maximum atomic E-state index is 11.4. The van der Waals surface area contributed by atoms with E-state index in [4.69, 9.17) is 0 Å². The van der Waals surface area contributed by atoms with Crippen LogP contribution in [-0.4, -0.2) is 23.7 Å². The lowest BCUT2D eigenvalue weighted by atomic mass is 9.92. The van der Waals surface area contributed by atoms with Gasteiger partial charge in [0.15, 0.2) is 18.9 Å². The van der Waals surface area contributed by atoms with Gasteiger partial charge in [-0.15, -0.1) is 0 Å². The summed E-state index contributed by atoms with van der Waals surface area (Å²) in [6, 6.07) is 0. The van der Waals surface area contributed by atoms with Gasteiger partial charge in [0.1, 0.15) is 0 Å². The number of ketones is 1. The van der Waals surface area contributed by atoms with Crippen molar-refractivity contribution in [3.63, 3.8) is 0 Å². The molecule has 72 valence electrons. The van der Waals surface area contributed by atoms with Crippen molar-refractivity contribution in [2.45, 2.75) is 24.0 Å². The van der Waals surface area contributed by atoms with Crippen LogP contribution < -0.4 is 0 Å². The van der Waals surface area contributed by atoms with E-state index in [0.29, 0.717) is 0 Å². The second-order valence-electron chi connectivity index (χ2n) is 3.76. The predicted octanol–water partition coefficient (Wildman–Crippen LogP) is 1.41. The fourth-order valence-electron chi connectivity index (χ4n) is 0.535. The van der Waals surface area contributed by atoms with E-state index in [1.54, 1.807) is 43.4 Å². The number of hydrogen-bond acceptors (Lipinski definition) is 3. The molecular formula is C7H13IO3S. The molecule has 0 saturated carbocycles. The smallest absolute Gasteiger partial charge is 0.171 e. The number of alkyl halides is 1. The zero-order valence-electron chi connectivity index (χ0n) is 7.59. The molecule has 0 bridgehead atoms. The van der Waals surface area contributed by atoms with Crippen molar-refractivity contribution in [2.75, 3.05) is 6.26 Å². The van der Waals surface area contributed by atoms with Gasteiger partial charge in [-0.3, -0.25) is 4.79 Å². The van der Waals surface area contributed by atoms with Crippen molar-refractivity contribution >= 4 is 38.2 Å². The molecule has 0 aliphatic rings. The lowest BCUT2D eigenvalue weighted by molar-refractivity contribution is -0.124. The number of carbonyl (C=O) groups excluding carboxylic acids is 1. The van der Waals surface area contributed by atoms with Crippen LogP contribution in [0.4, 0.5) is 0 Å². The average molecular weight is 304 g/mol. The molecule has 0 aliphatic heterocycles. The van der Waals surface area contributed by atoms with Gasteiger partial charge in [0, 0.05) is 11.7 Å². The van der Waals surface area contributed by atoms with Crippen LogP contribution in [0, 0.1) is 5.41 Å². The lowest BCUT2D eigenvalue weighted by Gasteiger charge is -2.19. The summed E-state index contributed by atoms with van der Waals surface area (Å²) < 4.78 is 21.1. The molecular weight excluding hydrogens is 291 g/mol. The number of hydrogen-bond donors (Lipinski definition) is 0. The second kappa shape index (κ2) is 3.61. The first-order chi connectivity index (χ1) is 5.07. The molecule has 0 aliphatic carbocycles. The van der Waals surface area contributed by atoms with Crippen molar-refractivity contribution in [3.8, 4) is 0 Å². The van der Waals surface area contributed by atoms with E-state index in [1.807, 2.05) is 0 Å². The molecule has 0 fully saturated rings. The minimum Gasteiger partial charge on any atom is -0.297 e. The molecule has 0 amide bonds. The third-order valence-electron chi connectivity index (χ3n) is 1.32. The maximum Gasteiger partial charge on any atom is 0.171 e. The summed E-state index contributed by atoms with van der Waals surface area (Å²) >= 11 is 1.66. The summed E-state index contributed by atoms with van der Waals surface area (Å²) in [7, 11) is -3.25. The highest BCUT2D eigenvalue weighted by Gasteiger charge is 2.33. The third kappa shape index (κ3) is 3.38. The van der Waals surface area contributed by atoms with Crippen molar-refractivity contribution in [1.82, 2.24) is 0 Å². The molecule has 12 heavy (non-hydrogen) atoms. The van der Waals surface area contributed by atoms with Crippen LogP contribution in [-0.2, 0) is 14.6 Å². The number of Topliss-reactive ketones (excluding diaryl/α,β-unsaturated/α-hetero) is 1. The fraction of sp³-hybridized carbons (Fsp3) is 0.857. The predicted molar refractivity (Wildman–Crippen MR) is 57.1 cm³/mol. The molecule has 0 rings (SSSR count). The Morgan fingerprint density at radius 2 is 1.67 bits per heavy atom. The molecule has 0 N–H and O–H groups in total. The van der Waals surface area contributed by atoms with Crippen molar-refractivity contribution in [1.29, 1.82) is 0 Å². The Hall–Kier alpha value is 0.350. The first-order valence-corrected chi connectivity index (χ1v) is 6.64. The van der Waals surface area contributed by atoms with Gasteiger partial charge in [0.05, 0.1) is 0 Å². The maximum absolute atomic E-state index is 11.4. The Kier molecular flexibility index (Phi) is 3.72. The molecule has 0 radical (unpaired) electrons. The zero-order valence-corrected chi connectivity index (χ0v) is 10.6. The van der Waals surface area contributed by atoms with Crippen LogP contribution in [0.2, 0.25) is 0 Å². The van der Waals surface area contributed by atoms with Crippen molar-refractivity contribution < 1.29 is 13.2 Å². The lowest BCUT2D eigenvalue weighted by Crippen LogP contribution is -2.33. The SMILES string of the molecule is CC(C)(C)C(=O)C(I)S(C)(=O)=O. The second-order valence-corrected chi connectivity index (χ2v) is 7.98. The molecule has 5 heteroatoms. The summed E-state index contributed by atoms with van der Waals surface area (Å²) in [6.07, 6.45) is 1.08. The Balaban J connectivity index is 4.77. The molecule has 0 aromatic heterocycles. The van der Waals surface area contributed by atoms with E-state index < -0.39 is 18.5 Å². The molecule has 3 nitrogen and oxygen atoms in total. The number of rotatable bonds is 2. The minimum atomic E-state index is -3.25. The van der Waals surface area contributed by atoms with Crippen molar-refractivity contribution in [2.24, 2.45) is 5.41 Å². The Labute approximate surface area is 87.0 Å². The van der Waals surface area contributed by atoms with Gasteiger partial charge >= 0.3 is 0 Å². The Morgan fingerprint density at radius 1 is 1.33 bits per heavy atom. The van der Waals surface area contributed by atoms with Gasteiger partial charge in [-0.05, 0) is 0 Å². The van der Waals surface area contributed by atoms with Gasteiger partial charge in [-0.25, -0.2) is 8.42 Å². The average Bonchev–Trinajstić information content (AvgIpc) is 1.80. The highest BCUT2D eigenvalue weighted by molar-refractivity contribution is 14.1. The van der Waals surface area contributed by atoms with Crippen molar-refractivity contribution in [3.05, 3.63) is 0 Å². The molecule has 0 saturated heterocycles. The normalized spacial score (nSPS) is 15.8. The van der Waals surface area contributed by atoms with E-state index in [-0.39, 0.29) is 5.78 Å². The van der Waals surface area contributed by atoms with Crippen LogP contribution in [0.25, 0.3) is 0 Å². The first-order valence-electron chi connectivity index (χ1n) is 3.44. The van der Waals surface area contributed by atoms with Crippen LogP contribution >= 0.6 is 22.6 Å². The van der Waals surface area contributed by atoms with Crippen LogP contribution in [0.5, 0.6) is 0 Å². The summed E-state index contributed by atoms with van der Waals surface area (Å²) in [5.74, 6) is -0.245. The van der Waals surface area contributed by atoms with Gasteiger partial charge in [0.25, 0.3) is 0 Å². The highest BCUT2D eigenvalue weighted by Crippen LogP contribution is 2.23. The molecule has 1 atom stereocenters. The minimum absolute atomic E-state index is 0.245. The van der Waals surface area contributed by atoms with E-state index in [1.165, 1.54) is 0 Å². The molecule has 0 heterocycles. The summed E-state index contributed by atoms with van der Waals surface area (Å²) in [5.41, 5.74) is -0.588. The number of halogens is 1. The van der Waals surface area contributed by atoms with Gasteiger partial charge in [-0.2, -0.15) is 0 Å². The Morgan fingerprint density at radius 3 is 1.75 bits per heavy atom. The summed E-state index contributed by atoms with van der Waals surface area (Å²) in [4.78, 5) is 11.4. The molecule has 1 unspecified atom stereocenters. The quantitative estimate of drug-likeness (QED) is 0.572. The monoisotopic (exact) mass is 304 g/mol. The van der Waals surface area contributed by atoms with Gasteiger partial charge in [0.2, 0.25) is 0 Å². The largest absolute Gasteiger partial charge is 0.297 e.